The molecule has 0 radical (unpaired) electrons. The van der Waals surface area contributed by atoms with E-state index < -0.39 is 0 Å². The monoisotopic (exact) mass is 289 g/mol. The van der Waals surface area contributed by atoms with Gasteiger partial charge in [-0.3, -0.25) is 0 Å². The van der Waals surface area contributed by atoms with Gasteiger partial charge in [0.05, 0.1) is 16.3 Å². The predicted molar refractivity (Wildman–Crippen MR) is 75.3 cm³/mol. The summed E-state index contributed by atoms with van der Waals surface area (Å²) in [4.78, 5) is 1.22. The molecular formula is C12H13Cl2NOS. The number of thiophene rings is 1. The third kappa shape index (κ3) is 2.44. The third-order valence-electron chi connectivity index (χ3n) is 2.55. The molecule has 0 aliphatic heterocycles. The zero-order valence-electron chi connectivity index (χ0n) is 9.64. The second-order valence-electron chi connectivity index (χ2n) is 3.70. The number of benzene rings is 1. The van der Waals surface area contributed by atoms with Gasteiger partial charge in [-0.25, -0.2) is 0 Å². The van der Waals surface area contributed by atoms with Crippen LogP contribution in [-0.2, 0) is 17.9 Å². The van der Waals surface area contributed by atoms with Gasteiger partial charge >= 0.3 is 0 Å². The van der Waals surface area contributed by atoms with Crippen molar-refractivity contribution in [3.63, 3.8) is 0 Å². The summed E-state index contributed by atoms with van der Waals surface area (Å²) in [5.74, 6) is 0. The zero-order chi connectivity index (χ0) is 12.4. The Hall–Kier alpha value is -0.320. The van der Waals surface area contributed by atoms with E-state index in [1.807, 2.05) is 19.2 Å². The first-order valence-corrected chi connectivity index (χ1v) is 6.78. The van der Waals surface area contributed by atoms with E-state index in [0.717, 1.165) is 32.2 Å². The molecule has 0 bridgehead atoms. The average molecular weight is 290 g/mol. The Morgan fingerprint density at radius 2 is 2.00 bits per heavy atom. The SMILES string of the molecule is CNCc1sc2c(Cl)ccc(Cl)c2c1COC. The fourth-order valence-corrected chi connectivity index (χ4v) is 3.69. The van der Waals surface area contributed by atoms with Crippen LogP contribution in [0.4, 0.5) is 0 Å². The van der Waals surface area contributed by atoms with Crippen molar-refractivity contribution < 1.29 is 4.74 Å². The summed E-state index contributed by atoms with van der Waals surface area (Å²) in [7, 11) is 3.61. The Morgan fingerprint density at radius 1 is 1.29 bits per heavy atom. The van der Waals surface area contributed by atoms with Gasteiger partial charge in [-0.2, -0.15) is 0 Å². The van der Waals surface area contributed by atoms with E-state index in [1.165, 1.54) is 4.88 Å². The average Bonchev–Trinajstić information content (AvgIpc) is 2.66. The number of hydrogen-bond donors (Lipinski definition) is 1. The topological polar surface area (TPSA) is 21.3 Å². The van der Waals surface area contributed by atoms with Crippen LogP contribution in [-0.4, -0.2) is 14.2 Å². The lowest BCUT2D eigenvalue weighted by molar-refractivity contribution is 0.185. The highest BCUT2D eigenvalue weighted by molar-refractivity contribution is 7.20. The van der Waals surface area contributed by atoms with Crippen molar-refractivity contribution in [1.82, 2.24) is 5.32 Å². The van der Waals surface area contributed by atoms with Gasteiger partial charge in [0, 0.05) is 34.5 Å². The summed E-state index contributed by atoms with van der Waals surface area (Å²) in [5.41, 5.74) is 1.13. The molecule has 5 heteroatoms. The molecule has 0 atom stereocenters. The number of halogens is 2. The van der Waals surface area contributed by atoms with Crippen LogP contribution in [0.15, 0.2) is 12.1 Å². The van der Waals surface area contributed by atoms with E-state index in [-0.39, 0.29) is 0 Å². The van der Waals surface area contributed by atoms with Gasteiger partial charge in [-0.15, -0.1) is 11.3 Å². The van der Waals surface area contributed by atoms with Gasteiger partial charge in [0.1, 0.15) is 0 Å². The van der Waals surface area contributed by atoms with Crippen LogP contribution >= 0.6 is 34.5 Å². The lowest BCUT2D eigenvalue weighted by atomic mass is 10.1. The summed E-state index contributed by atoms with van der Waals surface area (Å²) in [6.07, 6.45) is 0. The van der Waals surface area contributed by atoms with Crippen LogP contribution < -0.4 is 5.32 Å². The first kappa shape index (κ1) is 13.1. The summed E-state index contributed by atoms with van der Waals surface area (Å²) < 4.78 is 6.29. The zero-order valence-corrected chi connectivity index (χ0v) is 12.0. The summed E-state index contributed by atoms with van der Waals surface area (Å²) >= 11 is 14.1. The molecule has 1 aromatic heterocycles. The molecule has 0 aliphatic carbocycles. The van der Waals surface area contributed by atoms with Crippen LogP contribution in [0.25, 0.3) is 10.1 Å². The van der Waals surface area contributed by atoms with E-state index in [1.54, 1.807) is 18.4 Å². The second-order valence-corrected chi connectivity index (χ2v) is 5.62. The smallest absolute Gasteiger partial charge is 0.0731 e. The standard InChI is InChI=1S/C12H13Cl2NOS/c1-15-5-10-7(6-16-2)11-8(13)3-4-9(14)12(11)17-10/h3-4,15H,5-6H2,1-2H3. The molecule has 2 nitrogen and oxygen atoms in total. The van der Waals surface area contributed by atoms with Gasteiger partial charge in [0.15, 0.2) is 0 Å². The number of methoxy groups -OCH3 is 1. The van der Waals surface area contributed by atoms with Crippen LogP contribution in [0.3, 0.4) is 0 Å². The van der Waals surface area contributed by atoms with E-state index >= 15 is 0 Å². The Morgan fingerprint density at radius 3 is 2.65 bits per heavy atom. The molecule has 1 aromatic carbocycles. The number of ether oxygens (including phenoxy) is 1. The summed E-state index contributed by atoms with van der Waals surface area (Å²) in [6, 6.07) is 3.67. The van der Waals surface area contributed by atoms with Crippen molar-refractivity contribution >= 4 is 44.6 Å². The minimum atomic E-state index is 0.553. The fraction of sp³-hybridized carbons (Fsp3) is 0.333. The van der Waals surface area contributed by atoms with Gasteiger partial charge in [-0.05, 0) is 19.2 Å². The lowest BCUT2D eigenvalue weighted by Gasteiger charge is -2.04. The van der Waals surface area contributed by atoms with Crippen molar-refractivity contribution in [2.75, 3.05) is 14.2 Å². The quantitative estimate of drug-likeness (QED) is 0.916. The molecule has 2 rings (SSSR count). The largest absolute Gasteiger partial charge is 0.380 e. The normalized spacial score (nSPS) is 11.3. The Bertz CT molecular complexity index is 539. The van der Waals surface area contributed by atoms with Crippen LogP contribution in [0.2, 0.25) is 10.0 Å². The van der Waals surface area contributed by atoms with E-state index in [2.05, 4.69) is 5.32 Å². The Labute approximate surface area is 114 Å². The molecule has 2 aromatic rings. The maximum Gasteiger partial charge on any atom is 0.0731 e. The maximum atomic E-state index is 6.26. The van der Waals surface area contributed by atoms with Gasteiger partial charge in [-0.1, -0.05) is 23.2 Å². The first-order chi connectivity index (χ1) is 8.19. The van der Waals surface area contributed by atoms with Crippen molar-refractivity contribution in [3.8, 4) is 0 Å². The lowest BCUT2D eigenvalue weighted by Crippen LogP contribution is -2.05. The molecule has 0 saturated heterocycles. The van der Waals surface area contributed by atoms with Crippen molar-refractivity contribution in [2.45, 2.75) is 13.2 Å². The first-order valence-electron chi connectivity index (χ1n) is 5.20. The molecule has 17 heavy (non-hydrogen) atoms. The van der Waals surface area contributed by atoms with E-state index in [9.17, 15) is 0 Å². The van der Waals surface area contributed by atoms with E-state index in [4.69, 9.17) is 27.9 Å². The van der Waals surface area contributed by atoms with Crippen molar-refractivity contribution in [1.29, 1.82) is 0 Å². The summed E-state index contributed by atoms with van der Waals surface area (Å²) in [6.45, 7) is 1.35. The summed E-state index contributed by atoms with van der Waals surface area (Å²) in [5, 5.41) is 5.65. The van der Waals surface area contributed by atoms with Gasteiger partial charge < -0.3 is 10.1 Å². The third-order valence-corrected chi connectivity index (χ3v) is 4.56. The molecule has 0 unspecified atom stereocenters. The molecule has 0 aliphatic rings. The maximum absolute atomic E-state index is 6.26. The molecule has 1 N–H and O–H groups in total. The predicted octanol–water partition coefficient (Wildman–Crippen LogP) is 4.07. The number of nitrogens with one attached hydrogen (secondary N) is 1. The molecule has 0 saturated carbocycles. The van der Waals surface area contributed by atoms with Crippen LogP contribution in [0.1, 0.15) is 10.4 Å². The second kappa shape index (κ2) is 5.55. The van der Waals surface area contributed by atoms with Gasteiger partial charge in [0.2, 0.25) is 0 Å². The van der Waals surface area contributed by atoms with Crippen LogP contribution in [0.5, 0.6) is 0 Å². The Kier molecular flexibility index (Phi) is 4.28. The molecule has 0 amide bonds. The minimum Gasteiger partial charge on any atom is -0.380 e. The van der Waals surface area contributed by atoms with Gasteiger partial charge in [0.25, 0.3) is 0 Å². The number of rotatable bonds is 4. The van der Waals surface area contributed by atoms with E-state index in [0.29, 0.717) is 6.61 Å². The number of fused-ring (bicyclic) bond motifs is 1. The molecule has 92 valence electrons. The fourth-order valence-electron chi connectivity index (χ4n) is 1.84. The number of hydrogen-bond acceptors (Lipinski definition) is 3. The molecule has 0 spiro atoms. The van der Waals surface area contributed by atoms with Crippen molar-refractivity contribution in [3.05, 3.63) is 32.6 Å². The molecule has 0 fully saturated rings. The highest BCUT2D eigenvalue weighted by atomic mass is 35.5. The Balaban J connectivity index is 2.70. The minimum absolute atomic E-state index is 0.553. The van der Waals surface area contributed by atoms with Crippen LogP contribution in [0, 0.1) is 0 Å². The highest BCUT2D eigenvalue weighted by Crippen LogP contribution is 2.40. The van der Waals surface area contributed by atoms with Crippen molar-refractivity contribution in [2.24, 2.45) is 0 Å². The molecule has 1 heterocycles. The highest BCUT2D eigenvalue weighted by Gasteiger charge is 2.16. The molecular weight excluding hydrogens is 277 g/mol.